The van der Waals surface area contributed by atoms with Crippen LogP contribution in [0.3, 0.4) is 0 Å². The third-order valence-corrected chi connectivity index (χ3v) is 1.64. The van der Waals surface area contributed by atoms with Crippen molar-refractivity contribution in [3.63, 3.8) is 0 Å². The summed E-state index contributed by atoms with van der Waals surface area (Å²) >= 11 is 0. The van der Waals surface area contributed by atoms with E-state index in [1.54, 1.807) is 6.07 Å². The van der Waals surface area contributed by atoms with Gasteiger partial charge < -0.3 is 5.11 Å². The Morgan fingerprint density at radius 3 is 2.15 bits per heavy atom. The fourth-order valence-corrected chi connectivity index (χ4v) is 0.882. The van der Waals surface area contributed by atoms with Crippen molar-refractivity contribution in [1.29, 1.82) is 0 Å². The Morgan fingerprint density at radius 1 is 1.23 bits per heavy atom. The molecule has 0 fully saturated rings. The second-order valence-electron chi connectivity index (χ2n) is 2.87. The van der Waals surface area contributed by atoms with Gasteiger partial charge in [-0.3, -0.25) is 0 Å². The summed E-state index contributed by atoms with van der Waals surface area (Å²) in [5, 5.41) is 8.85. The zero-order chi connectivity index (χ0) is 10.4. The van der Waals surface area contributed by atoms with Gasteiger partial charge in [0.2, 0.25) is 0 Å². The Morgan fingerprint density at radius 2 is 1.77 bits per heavy atom. The van der Waals surface area contributed by atoms with Crippen molar-refractivity contribution in [2.45, 2.75) is 33.6 Å². The molecule has 0 spiro atoms. The van der Waals surface area contributed by atoms with E-state index < -0.39 is 5.82 Å². The first-order valence-electron chi connectivity index (χ1n) is 4.59. The molecule has 0 radical (unpaired) electrons. The number of phenols is 1. The first-order chi connectivity index (χ1) is 6.11. The predicted molar refractivity (Wildman–Crippen MR) is 53.5 cm³/mol. The van der Waals surface area contributed by atoms with Gasteiger partial charge in [-0.15, -0.1) is 0 Å². The number of phenolic OH excluding ortho intramolecular Hbond substituents is 1. The highest BCUT2D eigenvalue weighted by Crippen LogP contribution is 2.21. The minimum absolute atomic E-state index is 0.283. The van der Waals surface area contributed by atoms with E-state index in [2.05, 4.69) is 0 Å². The molecule has 0 aliphatic heterocycles. The molecule has 0 aromatic heterocycles. The molecule has 0 aliphatic rings. The van der Waals surface area contributed by atoms with Crippen LogP contribution in [0.25, 0.3) is 0 Å². The number of aromatic hydroxyl groups is 1. The topological polar surface area (TPSA) is 20.2 Å². The Kier molecular flexibility index (Phi) is 5.12. The normalized spacial score (nSPS) is 9.38. The fourth-order valence-electron chi connectivity index (χ4n) is 0.882. The number of rotatable bonds is 1. The lowest BCUT2D eigenvalue weighted by molar-refractivity contribution is 0.431. The van der Waals surface area contributed by atoms with Gasteiger partial charge in [-0.25, -0.2) is 4.39 Å². The van der Waals surface area contributed by atoms with Crippen LogP contribution >= 0.6 is 0 Å². The van der Waals surface area contributed by atoms with Crippen molar-refractivity contribution in [3.8, 4) is 5.75 Å². The molecule has 0 aliphatic carbocycles. The quantitative estimate of drug-likeness (QED) is 0.705. The van der Waals surface area contributed by atoms with Gasteiger partial charge in [-0.1, -0.05) is 33.8 Å². The summed E-state index contributed by atoms with van der Waals surface area (Å²) in [4.78, 5) is 0. The lowest BCUT2D eigenvalue weighted by Gasteiger charge is -2.04. The molecule has 0 unspecified atom stereocenters. The van der Waals surface area contributed by atoms with E-state index in [0.29, 0.717) is 5.92 Å². The third-order valence-electron chi connectivity index (χ3n) is 1.64. The SMILES string of the molecule is CC.CC(C)c1ccc(O)c(F)c1. The van der Waals surface area contributed by atoms with Crippen LogP contribution in [0.15, 0.2) is 18.2 Å². The summed E-state index contributed by atoms with van der Waals surface area (Å²) in [6.45, 7) is 7.96. The molecule has 0 amide bonds. The largest absolute Gasteiger partial charge is 0.505 e. The van der Waals surface area contributed by atoms with Gasteiger partial charge in [0.25, 0.3) is 0 Å². The van der Waals surface area contributed by atoms with Gasteiger partial charge in [0, 0.05) is 0 Å². The van der Waals surface area contributed by atoms with Crippen LogP contribution in [0.5, 0.6) is 5.75 Å². The predicted octanol–water partition coefficient (Wildman–Crippen LogP) is 3.68. The maximum atomic E-state index is 12.7. The van der Waals surface area contributed by atoms with Crippen LogP contribution in [0.1, 0.15) is 39.2 Å². The molecular formula is C11H17FO. The maximum absolute atomic E-state index is 12.7. The van der Waals surface area contributed by atoms with Gasteiger partial charge in [0.15, 0.2) is 11.6 Å². The number of benzene rings is 1. The maximum Gasteiger partial charge on any atom is 0.165 e. The van der Waals surface area contributed by atoms with E-state index in [-0.39, 0.29) is 5.75 Å². The van der Waals surface area contributed by atoms with E-state index in [9.17, 15) is 4.39 Å². The summed E-state index contributed by atoms with van der Waals surface area (Å²) in [6.07, 6.45) is 0. The minimum atomic E-state index is -0.545. The molecule has 1 aromatic carbocycles. The van der Waals surface area contributed by atoms with Crippen LogP contribution in [0.2, 0.25) is 0 Å². The van der Waals surface area contributed by atoms with Crippen molar-refractivity contribution >= 4 is 0 Å². The smallest absolute Gasteiger partial charge is 0.165 e. The summed E-state index contributed by atoms with van der Waals surface area (Å²) < 4.78 is 12.7. The molecule has 0 saturated heterocycles. The Hall–Kier alpha value is -1.05. The molecule has 0 atom stereocenters. The van der Waals surface area contributed by atoms with Gasteiger partial charge in [-0.05, 0) is 23.6 Å². The zero-order valence-electron chi connectivity index (χ0n) is 8.63. The van der Waals surface area contributed by atoms with Gasteiger partial charge in [-0.2, -0.15) is 0 Å². The van der Waals surface area contributed by atoms with E-state index in [0.717, 1.165) is 5.56 Å². The van der Waals surface area contributed by atoms with E-state index in [1.807, 2.05) is 27.7 Å². The van der Waals surface area contributed by atoms with Crippen molar-refractivity contribution in [3.05, 3.63) is 29.6 Å². The fraction of sp³-hybridized carbons (Fsp3) is 0.455. The standard InChI is InChI=1S/C9H11FO.C2H6/c1-6(2)7-3-4-9(11)8(10)5-7;1-2/h3-6,11H,1-2H3;1-2H3. The molecular weight excluding hydrogens is 167 g/mol. The highest BCUT2D eigenvalue weighted by molar-refractivity contribution is 5.29. The lowest BCUT2D eigenvalue weighted by atomic mass is 10.0. The van der Waals surface area contributed by atoms with Gasteiger partial charge in [0.1, 0.15) is 0 Å². The van der Waals surface area contributed by atoms with Crippen LogP contribution in [0.4, 0.5) is 4.39 Å². The molecule has 1 aromatic rings. The molecule has 1 rings (SSSR count). The van der Waals surface area contributed by atoms with Gasteiger partial charge >= 0.3 is 0 Å². The summed E-state index contributed by atoms with van der Waals surface area (Å²) in [5.41, 5.74) is 0.903. The third kappa shape index (κ3) is 3.45. The number of hydrogen-bond acceptors (Lipinski definition) is 1. The first kappa shape index (κ1) is 11.9. The molecule has 74 valence electrons. The van der Waals surface area contributed by atoms with Crippen molar-refractivity contribution in [1.82, 2.24) is 0 Å². The zero-order valence-corrected chi connectivity index (χ0v) is 8.63. The van der Waals surface area contributed by atoms with E-state index in [4.69, 9.17) is 5.11 Å². The van der Waals surface area contributed by atoms with Crippen LogP contribution in [-0.4, -0.2) is 5.11 Å². The summed E-state index contributed by atoms with van der Waals surface area (Å²) in [7, 11) is 0. The Labute approximate surface area is 79.2 Å². The monoisotopic (exact) mass is 184 g/mol. The van der Waals surface area contributed by atoms with E-state index >= 15 is 0 Å². The minimum Gasteiger partial charge on any atom is -0.505 e. The van der Waals surface area contributed by atoms with E-state index in [1.165, 1.54) is 12.1 Å². The number of halogens is 1. The second kappa shape index (κ2) is 5.57. The molecule has 0 saturated carbocycles. The first-order valence-corrected chi connectivity index (χ1v) is 4.59. The molecule has 0 heterocycles. The number of hydrogen-bond donors (Lipinski definition) is 1. The molecule has 0 bridgehead atoms. The second-order valence-corrected chi connectivity index (χ2v) is 2.87. The molecule has 13 heavy (non-hydrogen) atoms. The van der Waals surface area contributed by atoms with Crippen molar-refractivity contribution < 1.29 is 9.50 Å². The highest BCUT2D eigenvalue weighted by Gasteiger charge is 2.03. The van der Waals surface area contributed by atoms with Crippen LogP contribution < -0.4 is 0 Å². The average molecular weight is 184 g/mol. The molecule has 1 N–H and O–H groups in total. The van der Waals surface area contributed by atoms with Gasteiger partial charge in [0.05, 0.1) is 0 Å². The van der Waals surface area contributed by atoms with Crippen LogP contribution in [-0.2, 0) is 0 Å². The average Bonchev–Trinajstić information content (AvgIpc) is 2.13. The highest BCUT2D eigenvalue weighted by atomic mass is 19.1. The Bertz CT molecular complexity index is 256. The van der Waals surface area contributed by atoms with Crippen molar-refractivity contribution in [2.75, 3.05) is 0 Å². The molecule has 2 heteroatoms. The Balaban J connectivity index is 0.000000671. The summed E-state index contributed by atoms with van der Waals surface area (Å²) in [5.74, 6) is -0.532. The lowest BCUT2D eigenvalue weighted by Crippen LogP contribution is -1.87. The van der Waals surface area contributed by atoms with Crippen LogP contribution in [0, 0.1) is 5.82 Å². The summed E-state index contributed by atoms with van der Waals surface area (Å²) in [6, 6.07) is 4.47. The molecule has 1 nitrogen and oxygen atoms in total. The van der Waals surface area contributed by atoms with Crippen molar-refractivity contribution in [2.24, 2.45) is 0 Å².